The molecule has 1 atom stereocenters. The number of imidazole rings is 1. The number of aryl methyl sites for hydroxylation is 1. The first-order valence-electron chi connectivity index (χ1n) is 8.23. The first kappa shape index (κ1) is 20.0. The summed E-state index contributed by atoms with van der Waals surface area (Å²) in [6, 6.07) is 9.49. The van der Waals surface area contributed by atoms with E-state index in [1.807, 2.05) is 24.3 Å². The van der Waals surface area contributed by atoms with Crippen LogP contribution in [-0.2, 0) is 17.3 Å². The van der Waals surface area contributed by atoms with Crippen molar-refractivity contribution in [1.82, 2.24) is 9.55 Å². The maximum atomic E-state index is 13.1. The lowest BCUT2D eigenvalue weighted by atomic mass is 10.1. The van der Waals surface area contributed by atoms with Gasteiger partial charge in [-0.25, -0.2) is 4.98 Å². The number of benzene rings is 2. The molecular formula is C19H17Cl2F3N2O. The molecule has 3 nitrogen and oxygen atoms in total. The molecule has 0 aliphatic rings. The molecule has 1 heterocycles. The van der Waals surface area contributed by atoms with Crippen molar-refractivity contribution in [1.29, 1.82) is 0 Å². The summed E-state index contributed by atoms with van der Waals surface area (Å²) < 4.78 is 46.5. The highest BCUT2D eigenvalue weighted by Gasteiger charge is 2.32. The molecule has 8 heteroatoms. The van der Waals surface area contributed by atoms with Gasteiger partial charge in [0.2, 0.25) is 0 Å². The lowest BCUT2D eigenvalue weighted by Crippen LogP contribution is -2.07. The summed E-state index contributed by atoms with van der Waals surface area (Å²) in [5.41, 5.74) is 1.53. The minimum atomic E-state index is -4.50. The SMILES string of the molecule is COC(C)c1nc2cc(C(F)(F)F)cc(Cl)c2n1-c1ccc(CCCl)cc1. The summed E-state index contributed by atoms with van der Waals surface area (Å²) in [7, 11) is 1.51. The van der Waals surface area contributed by atoms with Crippen LogP contribution in [0.5, 0.6) is 0 Å². The zero-order valence-electron chi connectivity index (χ0n) is 14.6. The Labute approximate surface area is 164 Å². The van der Waals surface area contributed by atoms with E-state index >= 15 is 0 Å². The molecule has 0 radical (unpaired) electrons. The monoisotopic (exact) mass is 416 g/mol. The molecule has 0 fully saturated rings. The number of nitrogens with zero attached hydrogens (tertiary/aromatic N) is 2. The number of ether oxygens (including phenoxy) is 1. The van der Waals surface area contributed by atoms with E-state index in [9.17, 15) is 13.2 Å². The molecule has 3 aromatic rings. The van der Waals surface area contributed by atoms with Gasteiger partial charge in [-0.3, -0.25) is 4.57 Å². The van der Waals surface area contributed by atoms with Crippen LogP contribution < -0.4 is 0 Å². The van der Waals surface area contributed by atoms with E-state index in [1.165, 1.54) is 7.11 Å². The van der Waals surface area contributed by atoms with Gasteiger partial charge in [0.15, 0.2) is 0 Å². The van der Waals surface area contributed by atoms with E-state index in [-0.39, 0.29) is 10.5 Å². The minimum absolute atomic E-state index is 0.0216. The van der Waals surface area contributed by atoms with Gasteiger partial charge >= 0.3 is 6.18 Å². The molecule has 0 N–H and O–H groups in total. The van der Waals surface area contributed by atoms with Gasteiger partial charge in [-0.2, -0.15) is 13.2 Å². The molecule has 1 unspecified atom stereocenters. The largest absolute Gasteiger partial charge is 0.416 e. The number of rotatable bonds is 5. The molecule has 3 rings (SSSR count). The summed E-state index contributed by atoms with van der Waals surface area (Å²) in [4.78, 5) is 4.39. The van der Waals surface area contributed by atoms with Gasteiger partial charge in [0.25, 0.3) is 0 Å². The molecule has 144 valence electrons. The fraction of sp³-hybridized carbons (Fsp3) is 0.316. The molecule has 27 heavy (non-hydrogen) atoms. The Balaban J connectivity index is 2.25. The Morgan fingerprint density at radius 2 is 1.85 bits per heavy atom. The first-order valence-corrected chi connectivity index (χ1v) is 9.14. The van der Waals surface area contributed by atoms with Crippen molar-refractivity contribution in [3.05, 3.63) is 58.4 Å². The molecule has 0 bridgehead atoms. The highest BCUT2D eigenvalue weighted by Crippen LogP contribution is 2.37. The Morgan fingerprint density at radius 1 is 1.19 bits per heavy atom. The number of hydrogen-bond donors (Lipinski definition) is 0. The van der Waals surface area contributed by atoms with Crippen molar-refractivity contribution in [2.24, 2.45) is 0 Å². The number of methoxy groups -OCH3 is 1. The van der Waals surface area contributed by atoms with Gasteiger partial charge in [0.05, 0.1) is 21.6 Å². The van der Waals surface area contributed by atoms with Gasteiger partial charge in [0, 0.05) is 18.7 Å². The second-order valence-electron chi connectivity index (χ2n) is 6.11. The average molecular weight is 417 g/mol. The van der Waals surface area contributed by atoms with Gasteiger partial charge < -0.3 is 4.74 Å². The van der Waals surface area contributed by atoms with Crippen LogP contribution in [0.15, 0.2) is 36.4 Å². The number of hydrogen-bond acceptors (Lipinski definition) is 2. The number of fused-ring (bicyclic) bond motifs is 1. The molecule has 2 aromatic carbocycles. The molecule has 0 saturated heterocycles. The average Bonchev–Trinajstić information content (AvgIpc) is 3.01. The van der Waals surface area contributed by atoms with Gasteiger partial charge in [-0.05, 0) is 43.2 Å². The molecule has 0 amide bonds. The molecule has 0 spiro atoms. The van der Waals surface area contributed by atoms with Crippen LogP contribution in [0, 0.1) is 0 Å². The van der Waals surface area contributed by atoms with Gasteiger partial charge in [-0.15, -0.1) is 11.6 Å². The second-order valence-corrected chi connectivity index (χ2v) is 6.90. The molecular weight excluding hydrogens is 400 g/mol. The zero-order valence-corrected chi connectivity index (χ0v) is 16.2. The standard InChI is InChI=1S/C19H17Cl2F3N2O/c1-11(27-2)18-25-16-10-13(19(22,23)24)9-15(21)17(16)26(18)14-5-3-12(4-6-14)7-8-20/h3-6,9-11H,7-8H2,1-2H3. The van der Waals surface area contributed by atoms with Crippen molar-refractivity contribution < 1.29 is 17.9 Å². The van der Waals surface area contributed by atoms with Crippen molar-refractivity contribution in [3.63, 3.8) is 0 Å². The van der Waals surface area contributed by atoms with Crippen LogP contribution in [0.1, 0.15) is 30.0 Å². The van der Waals surface area contributed by atoms with E-state index in [0.717, 1.165) is 29.8 Å². The zero-order chi connectivity index (χ0) is 19.8. The molecule has 0 aliphatic carbocycles. The summed E-state index contributed by atoms with van der Waals surface area (Å²) >= 11 is 12.0. The van der Waals surface area contributed by atoms with E-state index in [2.05, 4.69) is 4.98 Å². The van der Waals surface area contributed by atoms with Crippen molar-refractivity contribution in [2.45, 2.75) is 25.6 Å². The van der Waals surface area contributed by atoms with Crippen LogP contribution in [0.25, 0.3) is 16.7 Å². The molecule has 0 aliphatic heterocycles. The van der Waals surface area contributed by atoms with Crippen LogP contribution in [0.2, 0.25) is 5.02 Å². The molecule has 0 saturated carbocycles. The lowest BCUT2D eigenvalue weighted by molar-refractivity contribution is -0.137. The summed E-state index contributed by atoms with van der Waals surface area (Å²) in [6.45, 7) is 1.78. The second kappa shape index (κ2) is 7.70. The Hall–Kier alpha value is -1.76. The van der Waals surface area contributed by atoms with E-state index in [1.54, 1.807) is 11.5 Å². The van der Waals surface area contributed by atoms with Crippen molar-refractivity contribution >= 4 is 34.2 Å². The minimum Gasteiger partial charge on any atom is -0.374 e. The first-order chi connectivity index (χ1) is 12.8. The third kappa shape index (κ3) is 3.93. The summed E-state index contributed by atoms with van der Waals surface area (Å²) in [5.74, 6) is 0.976. The van der Waals surface area contributed by atoms with E-state index < -0.39 is 17.8 Å². The van der Waals surface area contributed by atoms with E-state index in [0.29, 0.717) is 17.2 Å². The third-order valence-electron chi connectivity index (χ3n) is 4.35. The number of aromatic nitrogens is 2. The lowest BCUT2D eigenvalue weighted by Gasteiger charge is -2.15. The predicted molar refractivity (Wildman–Crippen MR) is 101 cm³/mol. The highest BCUT2D eigenvalue weighted by atomic mass is 35.5. The highest BCUT2D eigenvalue weighted by molar-refractivity contribution is 6.35. The van der Waals surface area contributed by atoms with Crippen LogP contribution in [0.4, 0.5) is 13.2 Å². The fourth-order valence-corrected chi connectivity index (χ4v) is 3.42. The summed E-state index contributed by atoms with van der Waals surface area (Å²) in [6.07, 6.45) is -4.22. The Kier molecular flexibility index (Phi) is 5.70. The molecule has 1 aromatic heterocycles. The summed E-state index contributed by atoms with van der Waals surface area (Å²) in [5, 5.41) is -0.0216. The van der Waals surface area contributed by atoms with E-state index in [4.69, 9.17) is 27.9 Å². The quantitative estimate of drug-likeness (QED) is 0.463. The fourth-order valence-electron chi connectivity index (χ4n) is 2.90. The Morgan fingerprint density at radius 3 is 2.41 bits per heavy atom. The van der Waals surface area contributed by atoms with Crippen molar-refractivity contribution in [3.8, 4) is 5.69 Å². The topological polar surface area (TPSA) is 27.1 Å². The normalized spacial score (nSPS) is 13.3. The Bertz CT molecular complexity index is 952. The predicted octanol–water partition coefficient (Wildman–Crippen LogP) is 6.19. The van der Waals surface area contributed by atoms with Crippen LogP contribution >= 0.6 is 23.2 Å². The maximum Gasteiger partial charge on any atom is 0.416 e. The van der Waals surface area contributed by atoms with Crippen LogP contribution in [0.3, 0.4) is 0 Å². The smallest absolute Gasteiger partial charge is 0.374 e. The third-order valence-corrected chi connectivity index (χ3v) is 4.83. The maximum absolute atomic E-state index is 13.1. The van der Waals surface area contributed by atoms with Crippen LogP contribution in [-0.4, -0.2) is 22.5 Å². The number of alkyl halides is 4. The van der Waals surface area contributed by atoms with Crippen molar-refractivity contribution in [2.75, 3.05) is 13.0 Å². The van der Waals surface area contributed by atoms with Gasteiger partial charge in [0.1, 0.15) is 11.9 Å². The number of halogens is 5. The van der Waals surface area contributed by atoms with Gasteiger partial charge in [-0.1, -0.05) is 23.7 Å².